The molecule has 0 spiro atoms. The van der Waals surface area contributed by atoms with Crippen molar-refractivity contribution in [1.82, 2.24) is 0 Å². The molecule has 0 fully saturated rings. The van der Waals surface area contributed by atoms with E-state index in [0.29, 0.717) is 0 Å². The normalized spacial score (nSPS) is 15.6. The van der Waals surface area contributed by atoms with Crippen molar-refractivity contribution in [2.75, 3.05) is 0 Å². The summed E-state index contributed by atoms with van der Waals surface area (Å²) < 4.78 is 0. The van der Waals surface area contributed by atoms with Gasteiger partial charge < -0.3 is 0 Å². The van der Waals surface area contributed by atoms with E-state index in [1.54, 1.807) is 0 Å². The van der Waals surface area contributed by atoms with Crippen LogP contribution < -0.4 is 20.9 Å². The van der Waals surface area contributed by atoms with E-state index in [4.69, 9.17) is 0 Å². The topological polar surface area (TPSA) is 0 Å². The summed E-state index contributed by atoms with van der Waals surface area (Å²) in [6.45, 7) is 0. The van der Waals surface area contributed by atoms with Gasteiger partial charge in [0.25, 0.3) is 0 Å². The Hall–Kier alpha value is -2.24. The average Bonchev–Trinajstić information content (AvgIpc) is 2.85. The summed E-state index contributed by atoms with van der Waals surface area (Å²) in [6.07, 6.45) is 0. The van der Waals surface area contributed by atoms with Crippen LogP contribution in [0.15, 0.2) is 48.5 Å². The van der Waals surface area contributed by atoms with Crippen molar-refractivity contribution in [3.05, 3.63) is 69.4 Å². The largest absolute Gasteiger partial charge is 0.151 e. The maximum Gasteiger partial charge on any atom is -0.0000553 e. The van der Waals surface area contributed by atoms with Crippen molar-refractivity contribution in [1.29, 1.82) is 0 Å². The number of rotatable bonds is 0. The van der Waals surface area contributed by atoms with Gasteiger partial charge in [0.05, 0.1) is 0 Å². The molecule has 0 N–H and O–H groups in total. The van der Waals surface area contributed by atoms with E-state index in [1.165, 1.54) is 59.2 Å². The van der Waals surface area contributed by atoms with Gasteiger partial charge in [-0.05, 0) is 107 Å². The fraction of sp³-hybridized carbons (Fsp3) is 0. The summed E-state index contributed by atoms with van der Waals surface area (Å²) in [7, 11) is 0. The van der Waals surface area contributed by atoms with Crippen LogP contribution in [0.4, 0.5) is 0 Å². The molecule has 0 nitrogen and oxygen atoms in total. The van der Waals surface area contributed by atoms with Crippen LogP contribution in [0.5, 0.6) is 0 Å². The summed E-state index contributed by atoms with van der Waals surface area (Å²) in [5.41, 5.74) is 0. The molecular formula is C28H16S4. The highest BCUT2D eigenvalue weighted by Crippen LogP contribution is 2.45. The SMILES string of the molecule is SC=c1c(=CS)c2c(=CS)c(=CS)c3ccc4ccc5ccc6ccc1c1c6c5c4c3c21. The van der Waals surface area contributed by atoms with E-state index >= 15 is 0 Å². The minimum Gasteiger partial charge on any atom is -0.151 e. The van der Waals surface area contributed by atoms with Gasteiger partial charge >= 0.3 is 0 Å². The third-order valence-electron chi connectivity index (χ3n) is 7.11. The highest BCUT2D eigenvalue weighted by molar-refractivity contribution is 7.89. The first-order valence-corrected chi connectivity index (χ1v) is 12.4. The molecule has 0 aliphatic rings. The quantitative estimate of drug-likeness (QED) is 0.121. The molecule has 0 amide bonds. The van der Waals surface area contributed by atoms with Gasteiger partial charge in [-0.3, -0.25) is 0 Å². The predicted octanol–water partition coefficient (Wildman–Crippen LogP) is 5.59. The smallest absolute Gasteiger partial charge is 0.0000553 e. The van der Waals surface area contributed by atoms with Crippen molar-refractivity contribution in [3.8, 4) is 0 Å². The first-order chi connectivity index (χ1) is 15.7. The maximum absolute atomic E-state index is 4.65. The van der Waals surface area contributed by atoms with Gasteiger partial charge in [-0.25, -0.2) is 0 Å². The molecule has 4 heteroatoms. The van der Waals surface area contributed by atoms with Crippen molar-refractivity contribution < 1.29 is 0 Å². The molecule has 32 heavy (non-hydrogen) atoms. The van der Waals surface area contributed by atoms with Crippen molar-refractivity contribution >= 4 is 137 Å². The summed E-state index contributed by atoms with van der Waals surface area (Å²) >= 11 is 18.6. The summed E-state index contributed by atoms with van der Waals surface area (Å²) in [5.74, 6) is 0. The molecule has 0 bridgehead atoms. The third kappa shape index (κ3) is 2.08. The lowest BCUT2D eigenvalue weighted by Crippen LogP contribution is -2.35. The zero-order chi connectivity index (χ0) is 21.7. The first-order valence-electron chi connectivity index (χ1n) is 10.3. The Morgan fingerprint density at radius 3 is 1.06 bits per heavy atom. The van der Waals surface area contributed by atoms with Gasteiger partial charge in [0.2, 0.25) is 0 Å². The van der Waals surface area contributed by atoms with Gasteiger partial charge in [-0.15, -0.1) is 0 Å². The molecule has 0 radical (unpaired) electrons. The molecule has 7 rings (SSSR count). The number of hydrogen-bond donors (Lipinski definition) is 4. The van der Waals surface area contributed by atoms with Gasteiger partial charge in [0.1, 0.15) is 0 Å². The maximum atomic E-state index is 4.65. The van der Waals surface area contributed by atoms with Crippen LogP contribution in [0.25, 0.3) is 86.3 Å². The van der Waals surface area contributed by atoms with E-state index in [-0.39, 0.29) is 0 Å². The number of benzene rings is 7. The lowest BCUT2D eigenvalue weighted by Gasteiger charge is -2.22. The summed E-state index contributed by atoms with van der Waals surface area (Å²) in [6, 6.07) is 17.9. The Balaban J connectivity index is 2.15. The van der Waals surface area contributed by atoms with E-state index in [0.717, 1.165) is 26.3 Å². The second kappa shape index (κ2) is 6.64. The minimum absolute atomic E-state index is 1.06. The highest BCUT2D eigenvalue weighted by Gasteiger charge is 2.22. The molecule has 0 saturated heterocycles. The molecule has 0 atom stereocenters. The van der Waals surface area contributed by atoms with Crippen LogP contribution in [0.3, 0.4) is 0 Å². The summed E-state index contributed by atoms with van der Waals surface area (Å²) in [4.78, 5) is 0. The molecule has 0 unspecified atom stereocenters. The fourth-order valence-corrected chi connectivity index (χ4v) is 7.01. The van der Waals surface area contributed by atoms with Crippen LogP contribution in [-0.2, 0) is 0 Å². The monoisotopic (exact) mass is 480 g/mol. The van der Waals surface area contributed by atoms with Crippen molar-refractivity contribution in [2.24, 2.45) is 0 Å². The van der Waals surface area contributed by atoms with E-state index in [2.05, 4.69) is 99.0 Å². The zero-order valence-electron chi connectivity index (χ0n) is 16.7. The molecule has 0 aliphatic carbocycles. The number of thiol groups is 4. The molecular weight excluding hydrogens is 465 g/mol. The van der Waals surface area contributed by atoms with E-state index in [9.17, 15) is 0 Å². The molecule has 0 aromatic heterocycles. The molecule has 0 heterocycles. The van der Waals surface area contributed by atoms with Gasteiger partial charge in [0.15, 0.2) is 0 Å². The Kier molecular flexibility index (Phi) is 4.00. The Morgan fingerprint density at radius 2 is 0.688 bits per heavy atom. The van der Waals surface area contributed by atoms with E-state index < -0.39 is 0 Å². The van der Waals surface area contributed by atoms with E-state index in [1.807, 2.05) is 21.6 Å². The summed E-state index contributed by atoms with van der Waals surface area (Å²) in [5, 5.41) is 27.1. The average molecular weight is 481 g/mol. The lowest BCUT2D eigenvalue weighted by atomic mass is 9.81. The van der Waals surface area contributed by atoms with Crippen molar-refractivity contribution in [2.45, 2.75) is 0 Å². The van der Waals surface area contributed by atoms with Crippen LogP contribution in [0.2, 0.25) is 0 Å². The van der Waals surface area contributed by atoms with Crippen LogP contribution in [0, 0.1) is 0 Å². The van der Waals surface area contributed by atoms with Gasteiger partial charge in [0, 0.05) is 0 Å². The first kappa shape index (κ1) is 19.2. The van der Waals surface area contributed by atoms with Crippen LogP contribution in [0.1, 0.15) is 0 Å². The van der Waals surface area contributed by atoms with Crippen LogP contribution >= 0.6 is 50.5 Å². The third-order valence-corrected chi connectivity index (χ3v) is 8.15. The Labute approximate surface area is 205 Å². The lowest BCUT2D eigenvalue weighted by molar-refractivity contribution is 1.62. The van der Waals surface area contributed by atoms with Gasteiger partial charge in [-0.2, -0.15) is 50.5 Å². The highest BCUT2D eigenvalue weighted by atomic mass is 32.1. The predicted molar refractivity (Wildman–Crippen MR) is 157 cm³/mol. The minimum atomic E-state index is 1.06. The van der Waals surface area contributed by atoms with Crippen molar-refractivity contribution in [3.63, 3.8) is 0 Å². The molecule has 7 aromatic carbocycles. The second-order valence-electron chi connectivity index (χ2n) is 8.32. The fourth-order valence-electron chi connectivity index (χ4n) is 5.91. The Bertz CT molecular complexity index is 1980. The Morgan fingerprint density at radius 1 is 0.344 bits per heavy atom. The molecule has 7 aromatic rings. The second-order valence-corrected chi connectivity index (χ2v) is 9.36. The standard InChI is InChI=1S/C28H16S4/c29-9-18-16-7-5-14-3-1-13-2-4-15-6-8-17-19(10-30)21(12-32)25(20(18)11-31)28-26(16)23(14)22(13)24(15)27(17)28/h1-12,29-32H. The van der Waals surface area contributed by atoms with Gasteiger partial charge in [-0.1, -0.05) is 48.5 Å². The molecule has 152 valence electrons. The number of hydrogen-bond acceptors (Lipinski definition) is 4. The zero-order valence-corrected chi connectivity index (χ0v) is 20.3. The molecule has 0 aliphatic heterocycles. The molecule has 0 saturated carbocycles. The van der Waals surface area contributed by atoms with Crippen LogP contribution in [-0.4, -0.2) is 0 Å².